The van der Waals surface area contributed by atoms with Crippen LogP contribution in [0.4, 0.5) is 5.00 Å². The van der Waals surface area contributed by atoms with Crippen LogP contribution in [0.1, 0.15) is 47.8 Å². The molecule has 0 spiro atoms. The number of rotatable bonds is 5. The van der Waals surface area contributed by atoms with Crippen molar-refractivity contribution < 1.29 is 4.79 Å². The summed E-state index contributed by atoms with van der Waals surface area (Å²) in [5, 5.41) is 13.2. The standard InChI is InChI=1S/C20H22N2OS/c1-14-10-11-16-17(13-21)20(24-18(16)12-14)22-19(23)9-5-8-15-6-3-2-4-7-15/h2-4,6-7,14H,5,8-12H2,1H3,(H,22,23)/t14-/m0/s1. The van der Waals surface area contributed by atoms with Crippen molar-refractivity contribution >= 4 is 22.2 Å². The highest BCUT2D eigenvalue weighted by molar-refractivity contribution is 7.16. The maximum Gasteiger partial charge on any atom is 0.225 e. The number of aryl methyl sites for hydroxylation is 1. The van der Waals surface area contributed by atoms with Crippen LogP contribution in [0, 0.1) is 17.2 Å². The van der Waals surface area contributed by atoms with E-state index in [2.05, 4.69) is 30.4 Å². The maximum atomic E-state index is 12.2. The molecule has 1 aromatic carbocycles. The number of thiophene rings is 1. The second-order valence-electron chi connectivity index (χ2n) is 6.56. The summed E-state index contributed by atoms with van der Waals surface area (Å²) in [6, 6.07) is 12.5. The lowest BCUT2D eigenvalue weighted by atomic mass is 9.88. The number of anilines is 1. The molecule has 3 rings (SSSR count). The lowest BCUT2D eigenvalue weighted by molar-refractivity contribution is -0.116. The van der Waals surface area contributed by atoms with E-state index in [4.69, 9.17) is 0 Å². The Balaban J connectivity index is 1.59. The molecule has 1 atom stereocenters. The molecular formula is C20H22N2OS. The Hall–Kier alpha value is -2.12. The van der Waals surface area contributed by atoms with Crippen LogP contribution in [0.25, 0.3) is 0 Å². The highest BCUT2D eigenvalue weighted by Crippen LogP contribution is 2.39. The van der Waals surface area contributed by atoms with Gasteiger partial charge in [0.1, 0.15) is 11.1 Å². The van der Waals surface area contributed by atoms with E-state index in [0.29, 0.717) is 17.9 Å². The monoisotopic (exact) mass is 338 g/mol. The molecule has 24 heavy (non-hydrogen) atoms. The molecule has 2 aromatic rings. The molecular weight excluding hydrogens is 316 g/mol. The molecule has 4 heteroatoms. The van der Waals surface area contributed by atoms with Gasteiger partial charge in [-0.1, -0.05) is 37.3 Å². The van der Waals surface area contributed by atoms with Gasteiger partial charge >= 0.3 is 0 Å². The highest BCUT2D eigenvalue weighted by Gasteiger charge is 2.24. The molecule has 0 radical (unpaired) electrons. The van der Waals surface area contributed by atoms with E-state index >= 15 is 0 Å². The molecule has 0 aliphatic heterocycles. The molecule has 124 valence electrons. The van der Waals surface area contributed by atoms with E-state index in [0.717, 1.165) is 37.1 Å². The zero-order chi connectivity index (χ0) is 16.9. The molecule has 1 amide bonds. The molecule has 1 N–H and O–H groups in total. The Morgan fingerprint density at radius 2 is 2.17 bits per heavy atom. The SMILES string of the molecule is C[C@H]1CCc2c(sc(NC(=O)CCCc3ccccc3)c2C#N)C1. The first kappa shape index (κ1) is 16.7. The molecule has 3 nitrogen and oxygen atoms in total. The predicted octanol–water partition coefficient (Wildman–Crippen LogP) is 4.71. The lowest BCUT2D eigenvalue weighted by Gasteiger charge is -2.17. The largest absolute Gasteiger partial charge is 0.317 e. The van der Waals surface area contributed by atoms with Crippen LogP contribution in [0.15, 0.2) is 30.3 Å². The fourth-order valence-electron chi connectivity index (χ4n) is 3.24. The third-order valence-corrected chi connectivity index (χ3v) is 5.76. The second kappa shape index (κ2) is 7.63. The number of nitrogens with one attached hydrogen (secondary N) is 1. The van der Waals surface area contributed by atoms with Crippen LogP contribution < -0.4 is 5.32 Å². The van der Waals surface area contributed by atoms with Crippen LogP contribution >= 0.6 is 11.3 Å². The number of nitrogens with zero attached hydrogens (tertiary/aromatic N) is 1. The van der Waals surface area contributed by atoms with Gasteiger partial charge in [0.05, 0.1) is 5.56 Å². The van der Waals surface area contributed by atoms with Gasteiger partial charge in [0, 0.05) is 11.3 Å². The highest BCUT2D eigenvalue weighted by atomic mass is 32.1. The topological polar surface area (TPSA) is 52.9 Å². The summed E-state index contributed by atoms with van der Waals surface area (Å²) in [6.45, 7) is 2.25. The molecule has 0 bridgehead atoms. The van der Waals surface area contributed by atoms with Crippen molar-refractivity contribution in [2.24, 2.45) is 5.92 Å². The normalized spacial score (nSPS) is 16.2. The van der Waals surface area contributed by atoms with Gasteiger partial charge in [-0.05, 0) is 49.1 Å². The summed E-state index contributed by atoms with van der Waals surface area (Å²) in [4.78, 5) is 13.5. The molecule has 0 saturated carbocycles. The molecule has 1 aromatic heterocycles. The van der Waals surface area contributed by atoms with Gasteiger partial charge in [0.25, 0.3) is 0 Å². The minimum Gasteiger partial charge on any atom is -0.317 e. The van der Waals surface area contributed by atoms with Crippen LogP contribution in [0.5, 0.6) is 0 Å². The van der Waals surface area contributed by atoms with E-state index in [1.54, 1.807) is 11.3 Å². The van der Waals surface area contributed by atoms with Crippen molar-refractivity contribution in [1.29, 1.82) is 5.26 Å². The number of nitriles is 1. The third kappa shape index (κ3) is 3.85. The number of fused-ring (bicyclic) bond motifs is 1. The second-order valence-corrected chi connectivity index (χ2v) is 7.66. The Morgan fingerprint density at radius 3 is 2.92 bits per heavy atom. The average molecular weight is 338 g/mol. The number of carbonyl (C=O) groups is 1. The van der Waals surface area contributed by atoms with Gasteiger partial charge in [-0.15, -0.1) is 11.3 Å². The van der Waals surface area contributed by atoms with E-state index < -0.39 is 0 Å². The molecule has 1 aliphatic carbocycles. The first-order valence-electron chi connectivity index (χ1n) is 8.55. The molecule has 0 saturated heterocycles. The fourth-order valence-corrected chi connectivity index (χ4v) is 4.62. The minimum atomic E-state index is 0.00840. The third-order valence-electron chi connectivity index (χ3n) is 4.59. The van der Waals surface area contributed by atoms with Crippen LogP contribution in [-0.4, -0.2) is 5.91 Å². The number of benzene rings is 1. The van der Waals surface area contributed by atoms with E-state index in [1.165, 1.54) is 16.0 Å². The van der Waals surface area contributed by atoms with Crippen molar-refractivity contribution in [1.82, 2.24) is 0 Å². The summed E-state index contributed by atoms with van der Waals surface area (Å²) in [5.74, 6) is 0.672. The van der Waals surface area contributed by atoms with Crippen molar-refractivity contribution in [3.05, 3.63) is 51.9 Å². The van der Waals surface area contributed by atoms with E-state index in [1.807, 2.05) is 18.2 Å². The van der Waals surface area contributed by atoms with Crippen molar-refractivity contribution in [2.75, 3.05) is 5.32 Å². The van der Waals surface area contributed by atoms with Gasteiger partial charge in [-0.2, -0.15) is 5.26 Å². The van der Waals surface area contributed by atoms with Crippen LogP contribution in [0.2, 0.25) is 0 Å². The Morgan fingerprint density at radius 1 is 1.38 bits per heavy atom. The van der Waals surface area contributed by atoms with Crippen molar-refractivity contribution in [2.45, 2.75) is 45.4 Å². The number of amides is 1. The van der Waals surface area contributed by atoms with Gasteiger partial charge in [-0.25, -0.2) is 0 Å². The van der Waals surface area contributed by atoms with Gasteiger partial charge in [0.2, 0.25) is 5.91 Å². The quantitative estimate of drug-likeness (QED) is 0.858. The maximum absolute atomic E-state index is 12.2. The van der Waals surface area contributed by atoms with Gasteiger partial charge in [-0.3, -0.25) is 4.79 Å². The Kier molecular flexibility index (Phi) is 5.32. The molecule has 0 unspecified atom stereocenters. The molecule has 1 aliphatic rings. The number of hydrogen-bond donors (Lipinski definition) is 1. The lowest BCUT2D eigenvalue weighted by Crippen LogP contribution is -2.12. The Bertz CT molecular complexity index is 758. The summed E-state index contributed by atoms with van der Waals surface area (Å²) in [6.07, 6.45) is 5.32. The van der Waals surface area contributed by atoms with E-state index in [9.17, 15) is 10.1 Å². The van der Waals surface area contributed by atoms with Crippen molar-refractivity contribution in [3.63, 3.8) is 0 Å². The number of carbonyl (C=O) groups excluding carboxylic acids is 1. The van der Waals surface area contributed by atoms with Gasteiger partial charge < -0.3 is 5.32 Å². The average Bonchev–Trinajstić information content (AvgIpc) is 2.91. The van der Waals surface area contributed by atoms with Crippen LogP contribution in [-0.2, 0) is 24.1 Å². The smallest absolute Gasteiger partial charge is 0.225 e. The van der Waals surface area contributed by atoms with Crippen LogP contribution in [0.3, 0.4) is 0 Å². The zero-order valence-corrected chi connectivity index (χ0v) is 14.8. The summed E-state index contributed by atoms with van der Waals surface area (Å²) in [5.41, 5.74) is 3.11. The first-order chi connectivity index (χ1) is 11.7. The molecule has 1 heterocycles. The predicted molar refractivity (Wildman–Crippen MR) is 98.2 cm³/mol. The molecule has 0 fully saturated rings. The summed E-state index contributed by atoms with van der Waals surface area (Å²) >= 11 is 1.59. The summed E-state index contributed by atoms with van der Waals surface area (Å²) in [7, 11) is 0. The van der Waals surface area contributed by atoms with Crippen molar-refractivity contribution in [3.8, 4) is 6.07 Å². The Labute approximate surface area is 147 Å². The number of hydrogen-bond acceptors (Lipinski definition) is 3. The van der Waals surface area contributed by atoms with E-state index in [-0.39, 0.29) is 5.91 Å². The zero-order valence-electron chi connectivity index (χ0n) is 14.0. The fraction of sp³-hybridized carbons (Fsp3) is 0.400. The minimum absolute atomic E-state index is 0.00840. The van der Waals surface area contributed by atoms with Gasteiger partial charge in [0.15, 0.2) is 0 Å². The summed E-state index contributed by atoms with van der Waals surface area (Å²) < 4.78 is 0. The first-order valence-corrected chi connectivity index (χ1v) is 9.37.